The number of unbranched alkanes of at least 4 members (excludes halogenated alkanes) is 1. The monoisotopic (exact) mass is 453 g/mol. The molecule has 3 aliphatic rings. The van der Waals surface area contributed by atoms with Crippen molar-refractivity contribution in [2.45, 2.75) is 37.5 Å². The number of halogens is 1. The second-order valence-corrected chi connectivity index (χ2v) is 9.10. The highest BCUT2D eigenvalue weighted by molar-refractivity contribution is 6.30. The van der Waals surface area contributed by atoms with Crippen molar-refractivity contribution in [2.24, 2.45) is 11.8 Å². The summed E-state index contributed by atoms with van der Waals surface area (Å²) in [6.45, 7) is 2.30. The zero-order valence-corrected chi connectivity index (χ0v) is 18.3. The van der Waals surface area contributed by atoms with E-state index in [1.165, 1.54) is 4.90 Å². The van der Waals surface area contributed by atoms with Crippen LogP contribution in [0, 0.1) is 11.8 Å². The molecule has 166 valence electrons. The third kappa shape index (κ3) is 2.85. The Labute approximate surface area is 190 Å². The van der Waals surface area contributed by atoms with E-state index < -0.39 is 29.5 Å². The predicted octanol–water partition coefficient (Wildman–Crippen LogP) is 2.59. The van der Waals surface area contributed by atoms with Gasteiger partial charge in [-0.2, -0.15) is 0 Å². The Morgan fingerprint density at radius 1 is 1.09 bits per heavy atom. The predicted molar refractivity (Wildman–Crippen MR) is 119 cm³/mol. The van der Waals surface area contributed by atoms with Crippen molar-refractivity contribution < 1.29 is 19.5 Å². The van der Waals surface area contributed by atoms with Crippen molar-refractivity contribution in [1.29, 1.82) is 0 Å². The van der Waals surface area contributed by atoms with Crippen molar-refractivity contribution in [1.82, 2.24) is 10.2 Å². The second kappa shape index (κ2) is 7.69. The standard InChI is InChI=1S/C24H24ClN3O4/c1-2-3-12-28-21(30)17-18(22(28)31)24(15-6-4-5-7-16(15)26-23(24)32)27-19(17)20(29)13-8-10-14(25)11-9-13/h4-11,17-20,27,29H,2-3,12H2,1H3,(H,26,32)/t17-,18-,19-,20+,24+/m0/s1. The molecule has 0 saturated carbocycles. The normalized spacial score (nSPS) is 29.4. The molecule has 0 aromatic heterocycles. The maximum absolute atomic E-state index is 13.6. The third-order valence-electron chi connectivity index (χ3n) is 6.94. The summed E-state index contributed by atoms with van der Waals surface area (Å²) >= 11 is 5.99. The highest BCUT2D eigenvalue weighted by atomic mass is 35.5. The molecule has 3 heterocycles. The number of nitrogens with zero attached hydrogens (tertiary/aromatic N) is 1. The molecular weight excluding hydrogens is 430 g/mol. The summed E-state index contributed by atoms with van der Waals surface area (Å²) in [5.41, 5.74) is 0.385. The highest BCUT2D eigenvalue weighted by Crippen LogP contribution is 2.54. The van der Waals surface area contributed by atoms with E-state index in [9.17, 15) is 19.5 Å². The average molecular weight is 454 g/mol. The number of aliphatic hydroxyl groups is 1. The maximum atomic E-state index is 13.6. The number of amides is 3. The van der Waals surface area contributed by atoms with Crippen LogP contribution >= 0.6 is 11.6 Å². The number of nitrogens with one attached hydrogen (secondary N) is 2. The minimum absolute atomic E-state index is 0.310. The van der Waals surface area contributed by atoms with Gasteiger partial charge in [0.25, 0.3) is 0 Å². The fourth-order valence-electron chi connectivity index (χ4n) is 5.42. The van der Waals surface area contributed by atoms with Gasteiger partial charge < -0.3 is 10.4 Å². The molecule has 0 unspecified atom stereocenters. The molecule has 5 atom stereocenters. The Balaban J connectivity index is 1.63. The van der Waals surface area contributed by atoms with Crippen molar-refractivity contribution in [2.75, 3.05) is 11.9 Å². The number of anilines is 1. The minimum Gasteiger partial charge on any atom is -0.387 e. The number of fused-ring (bicyclic) bond motifs is 4. The summed E-state index contributed by atoms with van der Waals surface area (Å²) in [5.74, 6) is -2.87. The second-order valence-electron chi connectivity index (χ2n) is 8.66. The molecule has 1 spiro atoms. The van der Waals surface area contributed by atoms with Crippen LogP contribution in [0.5, 0.6) is 0 Å². The fraction of sp³-hybridized carbons (Fsp3) is 0.375. The number of rotatable bonds is 5. The van der Waals surface area contributed by atoms with Gasteiger partial charge in [-0.25, -0.2) is 0 Å². The minimum atomic E-state index is -1.41. The molecule has 0 aliphatic carbocycles. The molecule has 3 amide bonds. The van der Waals surface area contributed by atoms with E-state index in [0.717, 1.165) is 6.42 Å². The van der Waals surface area contributed by atoms with Gasteiger partial charge in [-0.3, -0.25) is 24.6 Å². The van der Waals surface area contributed by atoms with Crippen LogP contribution in [-0.4, -0.2) is 40.3 Å². The molecule has 8 heteroatoms. The number of hydrogen-bond donors (Lipinski definition) is 3. The SMILES string of the molecule is CCCCN1C(=O)[C@@H]2[C@@H]([C@H](O)c3ccc(Cl)cc3)N[C@@]3(C(=O)Nc4ccccc43)[C@@H]2C1=O. The molecule has 7 nitrogen and oxygen atoms in total. The third-order valence-corrected chi connectivity index (χ3v) is 7.19. The summed E-state index contributed by atoms with van der Waals surface area (Å²) in [6, 6.07) is 13.1. The summed E-state index contributed by atoms with van der Waals surface area (Å²) in [4.78, 5) is 41.7. The Kier molecular flexibility index (Phi) is 5.08. The number of para-hydroxylation sites is 1. The lowest BCUT2D eigenvalue weighted by Gasteiger charge is -2.30. The molecule has 2 aromatic carbocycles. The number of carbonyl (C=O) groups excluding carboxylic acids is 3. The van der Waals surface area contributed by atoms with Crippen LogP contribution < -0.4 is 10.6 Å². The quantitative estimate of drug-likeness (QED) is 0.604. The van der Waals surface area contributed by atoms with Gasteiger partial charge in [0.2, 0.25) is 17.7 Å². The van der Waals surface area contributed by atoms with Gasteiger partial charge in [-0.05, 0) is 30.2 Å². The van der Waals surface area contributed by atoms with Crippen LogP contribution in [0.3, 0.4) is 0 Å². The molecule has 5 rings (SSSR count). The topological polar surface area (TPSA) is 98.7 Å². The van der Waals surface area contributed by atoms with Gasteiger partial charge in [0, 0.05) is 22.8 Å². The van der Waals surface area contributed by atoms with Gasteiger partial charge in [0.1, 0.15) is 5.54 Å². The largest absolute Gasteiger partial charge is 0.387 e. The molecule has 2 aromatic rings. The van der Waals surface area contributed by atoms with Crippen LogP contribution in [0.2, 0.25) is 5.02 Å². The summed E-state index contributed by atoms with van der Waals surface area (Å²) in [7, 11) is 0. The van der Waals surface area contributed by atoms with Crippen LogP contribution in [0.4, 0.5) is 5.69 Å². The highest BCUT2D eigenvalue weighted by Gasteiger charge is 2.71. The van der Waals surface area contributed by atoms with Crippen molar-refractivity contribution in [3.63, 3.8) is 0 Å². The van der Waals surface area contributed by atoms with Crippen LogP contribution in [0.25, 0.3) is 0 Å². The molecular formula is C24H24ClN3O4. The fourth-order valence-corrected chi connectivity index (χ4v) is 5.55. The summed E-state index contributed by atoms with van der Waals surface area (Å²) < 4.78 is 0. The van der Waals surface area contributed by atoms with Crippen molar-refractivity contribution in [3.05, 3.63) is 64.7 Å². The van der Waals surface area contributed by atoms with Gasteiger partial charge in [-0.15, -0.1) is 0 Å². The Bertz CT molecular complexity index is 1100. The number of imide groups is 1. The van der Waals surface area contributed by atoms with Gasteiger partial charge in [0.05, 0.1) is 24.0 Å². The molecule has 2 saturated heterocycles. The smallest absolute Gasteiger partial charge is 0.250 e. The molecule has 3 aliphatic heterocycles. The van der Waals surface area contributed by atoms with E-state index in [-0.39, 0.29) is 17.7 Å². The first-order valence-corrected chi connectivity index (χ1v) is 11.3. The lowest BCUT2D eigenvalue weighted by atomic mass is 9.76. The van der Waals surface area contributed by atoms with Gasteiger partial charge >= 0.3 is 0 Å². The van der Waals surface area contributed by atoms with E-state index in [0.29, 0.717) is 34.8 Å². The van der Waals surface area contributed by atoms with Gasteiger partial charge in [-0.1, -0.05) is 55.3 Å². The molecule has 0 bridgehead atoms. The first kappa shape index (κ1) is 21.1. The number of benzene rings is 2. The lowest BCUT2D eigenvalue weighted by Crippen LogP contribution is -2.54. The zero-order valence-electron chi connectivity index (χ0n) is 17.5. The molecule has 32 heavy (non-hydrogen) atoms. The summed E-state index contributed by atoms with van der Waals surface area (Å²) in [5, 5.41) is 17.9. The zero-order chi connectivity index (χ0) is 22.6. The average Bonchev–Trinajstić information content (AvgIpc) is 3.38. The number of carbonyl (C=O) groups is 3. The Morgan fingerprint density at radius 3 is 2.53 bits per heavy atom. The Hall–Kier alpha value is -2.74. The first-order valence-electron chi connectivity index (χ1n) is 10.9. The number of hydrogen-bond acceptors (Lipinski definition) is 5. The van der Waals surface area contributed by atoms with Crippen LogP contribution in [0.15, 0.2) is 48.5 Å². The maximum Gasteiger partial charge on any atom is 0.250 e. The van der Waals surface area contributed by atoms with E-state index in [2.05, 4.69) is 10.6 Å². The van der Waals surface area contributed by atoms with E-state index in [1.54, 1.807) is 48.5 Å². The summed E-state index contributed by atoms with van der Waals surface area (Å²) in [6.07, 6.45) is 0.406. The van der Waals surface area contributed by atoms with E-state index in [1.807, 2.05) is 6.92 Å². The van der Waals surface area contributed by atoms with Crippen molar-refractivity contribution in [3.8, 4) is 0 Å². The van der Waals surface area contributed by atoms with Crippen LogP contribution in [-0.2, 0) is 19.9 Å². The number of aliphatic hydroxyl groups excluding tert-OH is 1. The molecule has 3 N–H and O–H groups in total. The molecule has 2 fully saturated rings. The van der Waals surface area contributed by atoms with Crippen molar-refractivity contribution >= 4 is 35.0 Å². The van der Waals surface area contributed by atoms with E-state index in [4.69, 9.17) is 11.6 Å². The first-order chi connectivity index (χ1) is 15.4. The lowest BCUT2D eigenvalue weighted by molar-refractivity contribution is -0.143. The Morgan fingerprint density at radius 2 is 1.81 bits per heavy atom. The molecule has 0 radical (unpaired) electrons. The number of likely N-dealkylation sites (tertiary alicyclic amines) is 1. The van der Waals surface area contributed by atoms with Crippen LogP contribution in [0.1, 0.15) is 37.0 Å². The van der Waals surface area contributed by atoms with E-state index >= 15 is 0 Å². The van der Waals surface area contributed by atoms with Gasteiger partial charge in [0.15, 0.2) is 0 Å².